The van der Waals surface area contributed by atoms with Crippen molar-refractivity contribution in [3.05, 3.63) is 102 Å². The summed E-state index contributed by atoms with van der Waals surface area (Å²) in [6.45, 7) is 3.67. The van der Waals surface area contributed by atoms with Crippen molar-refractivity contribution in [1.82, 2.24) is 10.2 Å². The van der Waals surface area contributed by atoms with Crippen molar-refractivity contribution in [2.45, 2.75) is 30.4 Å². The van der Waals surface area contributed by atoms with Crippen molar-refractivity contribution in [3.63, 3.8) is 0 Å². The first-order valence-corrected chi connectivity index (χ1v) is 11.2. The number of hydrogen-bond donors (Lipinski definition) is 1. The van der Waals surface area contributed by atoms with Crippen LogP contribution < -0.4 is 10.1 Å². The van der Waals surface area contributed by atoms with Crippen LogP contribution in [0.25, 0.3) is 0 Å². The number of halogens is 1. The average Bonchev–Trinajstić information content (AvgIpc) is 3.30. The number of carbonyl (C=O) groups is 1. The monoisotopic (exact) mass is 463 g/mol. The van der Waals surface area contributed by atoms with Gasteiger partial charge in [0.25, 0.3) is 11.1 Å². The maximum absolute atomic E-state index is 13.9. The molecule has 4 aromatic rings. The molecular weight excluding hydrogens is 441 g/mol. The average molecular weight is 464 g/mol. The number of para-hydroxylation sites is 1. The number of aromatic nitrogens is 2. The molecule has 0 aliphatic carbocycles. The molecule has 0 saturated carbocycles. The first kappa shape index (κ1) is 22.5. The highest BCUT2D eigenvalue weighted by Gasteiger charge is 2.26. The quantitative estimate of drug-likeness (QED) is 0.317. The van der Waals surface area contributed by atoms with Gasteiger partial charge in [-0.1, -0.05) is 60.2 Å². The van der Waals surface area contributed by atoms with E-state index in [0.717, 1.165) is 22.9 Å². The van der Waals surface area contributed by atoms with Crippen LogP contribution in [0.1, 0.15) is 35.3 Å². The lowest BCUT2D eigenvalue weighted by Gasteiger charge is -2.15. The number of carbonyl (C=O) groups excluding carboxylic acids is 1. The van der Waals surface area contributed by atoms with E-state index in [9.17, 15) is 9.18 Å². The summed E-state index contributed by atoms with van der Waals surface area (Å²) in [4.78, 5) is 13.1. The molecule has 0 aliphatic heterocycles. The highest BCUT2D eigenvalue weighted by Crippen LogP contribution is 2.36. The van der Waals surface area contributed by atoms with E-state index >= 15 is 0 Å². The van der Waals surface area contributed by atoms with Crippen LogP contribution in [-0.2, 0) is 4.79 Å². The normalized spacial score (nSPS) is 12.7. The van der Waals surface area contributed by atoms with Crippen molar-refractivity contribution in [1.29, 1.82) is 0 Å². The molecule has 2 atom stereocenters. The molecule has 33 heavy (non-hydrogen) atoms. The zero-order chi connectivity index (χ0) is 23.2. The van der Waals surface area contributed by atoms with E-state index in [0.29, 0.717) is 5.69 Å². The van der Waals surface area contributed by atoms with Crippen LogP contribution in [0.2, 0.25) is 0 Å². The SMILES string of the molecule is Cc1ccc(NC(=O)[C@H](Sc2nnc([C@@H](C)Oc3ccccc3F)o2)c2ccccc2)cc1. The topological polar surface area (TPSA) is 77.2 Å². The minimum Gasteiger partial charge on any atom is -0.478 e. The van der Waals surface area contributed by atoms with E-state index in [1.165, 1.54) is 12.1 Å². The maximum atomic E-state index is 13.9. The zero-order valence-electron chi connectivity index (χ0n) is 18.1. The van der Waals surface area contributed by atoms with Gasteiger partial charge in [0.1, 0.15) is 5.25 Å². The lowest BCUT2D eigenvalue weighted by atomic mass is 10.1. The lowest BCUT2D eigenvalue weighted by molar-refractivity contribution is -0.115. The van der Waals surface area contributed by atoms with Gasteiger partial charge in [-0.15, -0.1) is 10.2 Å². The zero-order valence-corrected chi connectivity index (χ0v) is 18.9. The maximum Gasteiger partial charge on any atom is 0.277 e. The van der Waals surface area contributed by atoms with Gasteiger partial charge in [-0.3, -0.25) is 4.79 Å². The van der Waals surface area contributed by atoms with Crippen LogP contribution in [-0.4, -0.2) is 16.1 Å². The molecule has 1 heterocycles. The van der Waals surface area contributed by atoms with Gasteiger partial charge in [0, 0.05) is 5.69 Å². The predicted molar refractivity (Wildman–Crippen MR) is 125 cm³/mol. The van der Waals surface area contributed by atoms with Crippen molar-refractivity contribution in [2.75, 3.05) is 5.32 Å². The van der Waals surface area contributed by atoms with Gasteiger partial charge in [-0.25, -0.2) is 4.39 Å². The van der Waals surface area contributed by atoms with Crippen molar-refractivity contribution < 1.29 is 18.3 Å². The summed E-state index contributed by atoms with van der Waals surface area (Å²) in [5.74, 6) is -0.413. The Morgan fingerprint density at radius 2 is 1.70 bits per heavy atom. The molecular formula is C25H22FN3O3S. The molecule has 0 fully saturated rings. The fourth-order valence-electron chi connectivity index (χ4n) is 3.06. The molecule has 6 nitrogen and oxygen atoms in total. The number of anilines is 1. The highest BCUT2D eigenvalue weighted by molar-refractivity contribution is 8.00. The number of rotatable bonds is 8. The van der Waals surface area contributed by atoms with Gasteiger partial charge < -0.3 is 14.5 Å². The smallest absolute Gasteiger partial charge is 0.277 e. The molecule has 1 N–H and O–H groups in total. The van der Waals surface area contributed by atoms with Gasteiger partial charge >= 0.3 is 0 Å². The summed E-state index contributed by atoms with van der Waals surface area (Å²) in [5.41, 5.74) is 2.60. The number of hydrogen-bond acceptors (Lipinski definition) is 6. The number of nitrogens with zero attached hydrogens (tertiary/aromatic N) is 2. The lowest BCUT2D eigenvalue weighted by Crippen LogP contribution is -2.19. The molecule has 3 aromatic carbocycles. The van der Waals surface area contributed by atoms with Crippen LogP contribution in [0, 0.1) is 12.7 Å². The second-order valence-electron chi connectivity index (χ2n) is 7.36. The summed E-state index contributed by atoms with van der Waals surface area (Å²) in [5, 5.41) is 10.6. The molecule has 0 bridgehead atoms. The van der Waals surface area contributed by atoms with Crippen molar-refractivity contribution in [3.8, 4) is 5.75 Å². The second-order valence-corrected chi connectivity index (χ2v) is 8.42. The fraction of sp³-hybridized carbons (Fsp3) is 0.160. The number of ether oxygens (including phenoxy) is 1. The molecule has 0 radical (unpaired) electrons. The van der Waals surface area contributed by atoms with Crippen LogP contribution in [0.3, 0.4) is 0 Å². The molecule has 168 valence electrons. The van der Waals surface area contributed by atoms with E-state index < -0.39 is 17.2 Å². The Morgan fingerprint density at radius 3 is 2.42 bits per heavy atom. The molecule has 1 amide bonds. The van der Waals surface area contributed by atoms with Gasteiger partial charge in [0.2, 0.25) is 5.91 Å². The Morgan fingerprint density at radius 1 is 1.00 bits per heavy atom. The number of aryl methyl sites for hydroxylation is 1. The number of benzene rings is 3. The molecule has 1 aromatic heterocycles. The summed E-state index contributed by atoms with van der Waals surface area (Å²) in [6.07, 6.45) is -0.666. The Hall–Kier alpha value is -3.65. The van der Waals surface area contributed by atoms with Crippen LogP contribution in [0.15, 0.2) is 88.5 Å². The first-order valence-electron chi connectivity index (χ1n) is 10.3. The van der Waals surface area contributed by atoms with E-state index in [4.69, 9.17) is 9.15 Å². The number of nitrogens with one attached hydrogen (secondary N) is 1. The molecule has 0 spiro atoms. The van der Waals surface area contributed by atoms with Gasteiger partial charge in [-0.2, -0.15) is 0 Å². The van der Waals surface area contributed by atoms with Gasteiger partial charge in [0.05, 0.1) is 0 Å². The fourth-order valence-corrected chi connectivity index (χ4v) is 3.94. The van der Waals surface area contributed by atoms with Crippen LogP contribution in [0.4, 0.5) is 10.1 Å². The van der Waals surface area contributed by atoms with Crippen molar-refractivity contribution in [2.24, 2.45) is 0 Å². The Kier molecular flexibility index (Phi) is 7.04. The first-order chi connectivity index (χ1) is 16.0. The van der Waals surface area contributed by atoms with E-state index in [2.05, 4.69) is 15.5 Å². The Balaban J connectivity index is 1.51. The minimum atomic E-state index is -0.666. The van der Waals surface area contributed by atoms with Gasteiger partial charge in [-0.05, 0) is 55.4 Å². The van der Waals surface area contributed by atoms with E-state index in [-0.39, 0.29) is 22.8 Å². The van der Waals surface area contributed by atoms with E-state index in [1.54, 1.807) is 19.1 Å². The third-order valence-electron chi connectivity index (χ3n) is 4.79. The van der Waals surface area contributed by atoms with Crippen molar-refractivity contribution >= 4 is 23.4 Å². The highest BCUT2D eigenvalue weighted by atomic mass is 32.2. The molecule has 8 heteroatoms. The third kappa shape index (κ3) is 5.78. The third-order valence-corrected chi connectivity index (χ3v) is 5.88. The summed E-state index contributed by atoms with van der Waals surface area (Å²) < 4.78 is 25.2. The van der Waals surface area contributed by atoms with Crippen LogP contribution in [0.5, 0.6) is 5.75 Å². The molecule has 4 rings (SSSR count). The number of thioether (sulfide) groups is 1. The number of amides is 1. The van der Waals surface area contributed by atoms with Crippen LogP contribution >= 0.6 is 11.8 Å². The Labute approximate surface area is 195 Å². The predicted octanol–water partition coefficient (Wildman–Crippen LogP) is 6.13. The molecule has 0 aliphatic rings. The largest absolute Gasteiger partial charge is 0.478 e. The standard InChI is InChI=1S/C25H22FN3O3S/c1-16-12-14-19(15-13-16)27-23(30)22(18-8-4-3-5-9-18)33-25-29-28-24(32-25)17(2)31-21-11-7-6-10-20(21)26/h3-15,17,22H,1-2H3,(H,27,30)/t17-,22-/m1/s1. The summed E-state index contributed by atoms with van der Waals surface area (Å²) in [6, 6.07) is 23.0. The van der Waals surface area contributed by atoms with Gasteiger partial charge in [0.15, 0.2) is 17.7 Å². The molecule has 0 saturated heterocycles. The second kappa shape index (κ2) is 10.3. The van der Waals surface area contributed by atoms with E-state index in [1.807, 2.05) is 61.5 Å². The summed E-state index contributed by atoms with van der Waals surface area (Å²) >= 11 is 1.14. The molecule has 0 unspecified atom stereocenters. The Bertz CT molecular complexity index is 1220. The minimum absolute atomic E-state index is 0.0945. The summed E-state index contributed by atoms with van der Waals surface area (Å²) in [7, 11) is 0.